The number of nitrogens with zero attached hydrogens (tertiary/aromatic N) is 1. The molecule has 1 aliphatic rings. The van der Waals surface area contributed by atoms with Crippen molar-refractivity contribution in [3.63, 3.8) is 0 Å². The maximum Gasteiger partial charge on any atom is 0.338 e. The van der Waals surface area contributed by atoms with Gasteiger partial charge in [-0.3, -0.25) is 0 Å². The van der Waals surface area contributed by atoms with Crippen molar-refractivity contribution >= 4 is 21.9 Å². The molecule has 0 radical (unpaired) electrons. The summed E-state index contributed by atoms with van der Waals surface area (Å²) in [5.74, 6) is 0.279. The number of hydrogen-bond acceptors (Lipinski definition) is 7. The van der Waals surface area contributed by atoms with Crippen LogP contribution in [0, 0.1) is 17.2 Å². The fourth-order valence-electron chi connectivity index (χ4n) is 2.98. The number of rotatable bonds is 7. The second-order valence-electron chi connectivity index (χ2n) is 6.85. The van der Waals surface area contributed by atoms with Gasteiger partial charge in [0.15, 0.2) is 11.5 Å². The predicted molar refractivity (Wildman–Crippen MR) is 111 cm³/mol. The minimum Gasteiger partial charge on any atom is -0.493 e. The molecule has 156 valence electrons. The van der Waals surface area contributed by atoms with E-state index in [2.05, 4.69) is 22.0 Å². The van der Waals surface area contributed by atoms with Crippen LogP contribution in [0.1, 0.15) is 39.2 Å². The van der Waals surface area contributed by atoms with Gasteiger partial charge in [0.1, 0.15) is 17.4 Å². The molecule has 0 amide bonds. The molecule has 1 aromatic rings. The molecule has 2 N–H and O–H groups in total. The van der Waals surface area contributed by atoms with Crippen molar-refractivity contribution in [1.82, 2.24) is 0 Å². The minimum atomic E-state index is -0.753. The number of nitriles is 1. The number of benzene rings is 1. The number of methoxy groups -OCH3 is 1. The third-order valence-corrected chi connectivity index (χ3v) is 4.84. The number of ether oxygens (including phenoxy) is 4. The van der Waals surface area contributed by atoms with Gasteiger partial charge < -0.3 is 24.7 Å². The number of nitrogens with two attached hydrogens (primary N) is 1. The molecular weight excluding hydrogens is 440 g/mol. The number of halogens is 1. The van der Waals surface area contributed by atoms with Gasteiger partial charge in [0.2, 0.25) is 5.88 Å². The Morgan fingerprint density at radius 2 is 2.10 bits per heavy atom. The third-order valence-electron chi connectivity index (χ3n) is 4.25. The highest BCUT2D eigenvalue weighted by atomic mass is 79.9. The molecular formula is C21H25BrN2O5. The van der Waals surface area contributed by atoms with E-state index in [4.69, 9.17) is 24.7 Å². The van der Waals surface area contributed by atoms with E-state index in [1.54, 1.807) is 26.0 Å². The van der Waals surface area contributed by atoms with Crippen LogP contribution >= 0.6 is 15.9 Å². The summed E-state index contributed by atoms with van der Waals surface area (Å²) in [5, 5.41) is 9.69. The number of carbonyl (C=O) groups excluding carboxylic acids is 1. The predicted octanol–water partition coefficient (Wildman–Crippen LogP) is 4.14. The molecule has 29 heavy (non-hydrogen) atoms. The average Bonchev–Trinajstić information content (AvgIpc) is 2.65. The van der Waals surface area contributed by atoms with E-state index in [1.807, 2.05) is 13.8 Å². The van der Waals surface area contributed by atoms with Gasteiger partial charge in [0.05, 0.1) is 36.3 Å². The van der Waals surface area contributed by atoms with E-state index in [0.29, 0.717) is 39.8 Å². The first-order chi connectivity index (χ1) is 13.7. The molecule has 0 saturated heterocycles. The van der Waals surface area contributed by atoms with Crippen LogP contribution in [0.15, 0.2) is 39.4 Å². The summed E-state index contributed by atoms with van der Waals surface area (Å²) in [7, 11) is 1.53. The van der Waals surface area contributed by atoms with Crippen molar-refractivity contribution in [2.45, 2.75) is 33.6 Å². The second kappa shape index (κ2) is 9.70. The van der Waals surface area contributed by atoms with Crippen molar-refractivity contribution in [2.75, 3.05) is 20.3 Å². The first-order valence-electron chi connectivity index (χ1n) is 9.20. The topological polar surface area (TPSA) is 104 Å². The van der Waals surface area contributed by atoms with E-state index in [0.717, 1.165) is 0 Å². The molecule has 0 aromatic heterocycles. The van der Waals surface area contributed by atoms with Crippen LogP contribution < -0.4 is 15.2 Å². The van der Waals surface area contributed by atoms with Crippen molar-refractivity contribution in [3.8, 4) is 17.6 Å². The molecule has 1 aliphatic heterocycles. The SMILES string of the molecule is CCOC(=O)C1=C(C)OC(N)=C(C#N)C1c1cc(Br)c(OCC(C)C)c(OC)c1. The molecule has 0 saturated carbocycles. The quantitative estimate of drug-likeness (QED) is 0.604. The molecule has 1 aromatic carbocycles. The monoisotopic (exact) mass is 464 g/mol. The fourth-order valence-corrected chi connectivity index (χ4v) is 3.56. The third kappa shape index (κ3) is 4.85. The van der Waals surface area contributed by atoms with Gasteiger partial charge in [-0.25, -0.2) is 4.79 Å². The van der Waals surface area contributed by atoms with Crippen LogP contribution in [0.2, 0.25) is 0 Å². The summed E-state index contributed by atoms with van der Waals surface area (Å²) in [6, 6.07) is 5.57. The van der Waals surface area contributed by atoms with Gasteiger partial charge in [0, 0.05) is 0 Å². The van der Waals surface area contributed by atoms with E-state index < -0.39 is 11.9 Å². The van der Waals surface area contributed by atoms with Crippen molar-refractivity contribution in [3.05, 3.63) is 45.0 Å². The molecule has 7 nitrogen and oxygen atoms in total. The van der Waals surface area contributed by atoms with Crippen LogP contribution in [-0.2, 0) is 14.3 Å². The van der Waals surface area contributed by atoms with E-state index in [1.165, 1.54) is 7.11 Å². The minimum absolute atomic E-state index is 0.0433. The van der Waals surface area contributed by atoms with Gasteiger partial charge in [-0.15, -0.1) is 0 Å². The highest BCUT2D eigenvalue weighted by molar-refractivity contribution is 9.10. The lowest BCUT2D eigenvalue weighted by Gasteiger charge is -2.27. The molecule has 1 atom stereocenters. The first kappa shape index (κ1) is 22.6. The zero-order chi connectivity index (χ0) is 21.7. The molecule has 1 heterocycles. The van der Waals surface area contributed by atoms with Gasteiger partial charge in [-0.05, 0) is 53.4 Å². The number of allylic oxidation sites excluding steroid dienone is 2. The number of hydrogen-bond donors (Lipinski definition) is 1. The first-order valence-corrected chi connectivity index (χ1v) is 10.00. The maximum atomic E-state index is 12.6. The van der Waals surface area contributed by atoms with E-state index in [-0.39, 0.29) is 23.6 Å². The highest BCUT2D eigenvalue weighted by Crippen LogP contribution is 2.45. The molecule has 1 unspecified atom stereocenters. The lowest BCUT2D eigenvalue weighted by atomic mass is 9.83. The highest BCUT2D eigenvalue weighted by Gasteiger charge is 2.37. The standard InChI is InChI=1S/C21H25BrN2O5/c1-6-27-21(25)17-12(4)29-20(24)14(9-23)18(17)13-7-15(22)19(16(8-13)26-5)28-10-11(2)3/h7-8,11,18H,6,10,24H2,1-5H3. The Morgan fingerprint density at radius 1 is 1.41 bits per heavy atom. The van der Waals surface area contributed by atoms with Crippen LogP contribution in [0.25, 0.3) is 0 Å². The van der Waals surface area contributed by atoms with Crippen LogP contribution in [0.5, 0.6) is 11.5 Å². The number of carbonyl (C=O) groups is 1. The summed E-state index contributed by atoms with van der Waals surface area (Å²) in [5.41, 5.74) is 6.92. The largest absolute Gasteiger partial charge is 0.493 e. The Morgan fingerprint density at radius 3 is 2.66 bits per heavy atom. The molecule has 0 aliphatic carbocycles. The normalized spacial score (nSPS) is 16.4. The number of esters is 1. The summed E-state index contributed by atoms with van der Waals surface area (Å²) in [6.07, 6.45) is 0. The van der Waals surface area contributed by atoms with Crippen molar-refractivity contribution in [1.29, 1.82) is 5.26 Å². The Labute approximate surface area is 179 Å². The van der Waals surface area contributed by atoms with Crippen LogP contribution in [0.4, 0.5) is 0 Å². The zero-order valence-electron chi connectivity index (χ0n) is 17.2. The Kier molecular flexibility index (Phi) is 7.57. The Balaban J connectivity index is 2.63. The molecule has 0 fully saturated rings. The average molecular weight is 465 g/mol. The fraction of sp³-hybridized carbons (Fsp3) is 0.429. The smallest absolute Gasteiger partial charge is 0.338 e. The van der Waals surface area contributed by atoms with Crippen LogP contribution in [-0.4, -0.2) is 26.3 Å². The molecule has 8 heteroatoms. The van der Waals surface area contributed by atoms with Gasteiger partial charge in [-0.2, -0.15) is 5.26 Å². The maximum absolute atomic E-state index is 12.6. The molecule has 0 spiro atoms. The van der Waals surface area contributed by atoms with Crippen LogP contribution in [0.3, 0.4) is 0 Å². The zero-order valence-corrected chi connectivity index (χ0v) is 18.8. The van der Waals surface area contributed by atoms with Crippen molar-refractivity contribution in [2.24, 2.45) is 11.7 Å². The molecule has 2 rings (SSSR count). The lowest BCUT2D eigenvalue weighted by Crippen LogP contribution is -2.25. The van der Waals surface area contributed by atoms with E-state index in [9.17, 15) is 10.1 Å². The summed E-state index contributed by atoms with van der Waals surface area (Å²) < 4.78 is 22.6. The molecule has 0 bridgehead atoms. The Bertz CT molecular complexity index is 899. The Hall–Kier alpha value is -2.66. The van der Waals surface area contributed by atoms with Crippen molar-refractivity contribution < 1.29 is 23.7 Å². The summed E-state index contributed by atoms with van der Waals surface area (Å²) in [4.78, 5) is 12.6. The van der Waals surface area contributed by atoms with Gasteiger partial charge in [0.25, 0.3) is 0 Å². The second-order valence-corrected chi connectivity index (χ2v) is 7.71. The summed E-state index contributed by atoms with van der Waals surface area (Å²) in [6.45, 7) is 8.12. The summed E-state index contributed by atoms with van der Waals surface area (Å²) >= 11 is 3.52. The van der Waals surface area contributed by atoms with Gasteiger partial charge >= 0.3 is 5.97 Å². The van der Waals surface area contributed by atoms with Gasteiger partial charge in [-0.1, -0.05) is 13.8 Å². The lowest BCUT2D eigenvalue weighted by molar-refractivity contribution is -0.139. The van der Waals surface area contributed by atoms with E-state index >= 15 is 0 Å².